The van der Waals surface area contributed by atoms with E-state index in [9.17, 15) is 4.79 Å². The third kappa shape index (κ3) is 2.36. The molecule has 1 aromatic heterocycles. The van der Waals surface area contributed by atoms with E-state index in [2.05, 4.69) is 29.1 Å². The number of Topliss-reactive ketones (excluding diaryl/α,β-unsaturated/α-hetero) is 1. The summed E-state index contributed by atoms with van der Waals surface area (Å²) in [5.74, 6) is 1.41. The zero-order valence-electron chi connectivity index (χ0n) is 10.4. The molecule has 0 atom stereocenters. The number of aromatic nitrogens is 2. The van der Waals surface area contributed by atoms with Gasteiger partial charge in [0.05, 0.1) is 17.6 Å². The van der Waals surface area contributed by atoms with Crippen molar-refractivity contribution in [1.29, 1.82) is 0 Å². The van der Waals surface area contributed by atoms with Crippen LogP contribution < -0.4 is 5.32 Å². The highest BCUT2D eigenvalue weighted by Gasteiger charge is 2.09. The molecule has 0 spiro atoms. The average Bonchev–Trinajstić information content (AvgIpc) is 2.71. The molecule has 2 N–H and O–H groups in total. The number of hydrogen-bond acceptors (Lipinski definition) is 3. The Bertz CT molecular complexity index is 543. The fourth-order valence-corrected chi connectivity index (χ4v) is 1.74. The predicted octanol–water partition coefficient (Wildman–Crippen LogP) is 2.09. The van der Waals surface area contributed by atoms with Crippen molar-refractivity contribution in [3.63, 3.8) is 0 Å². The molecule has 1 heterocycles. The summed E-state index contributed by atoms with van der Waals surface area (Å²) < 4.78 is 0. The molecule has 2 rings (SSSR count). The van der Waals surface area contributed by atoms with E-state index in [-0.39, 0.29) is 5.78 Å². The van der Waals surface area contributed by atoms with Gasteiger partial charge in [-0.1, -0.05) is 13.8 Å². The van der Waals surface area contributed by atoms with Gasteiger partial charge in [0, 0.05) is 11.5 Å². The molecule has 0 saturated carbocycles. The summed E-state index contributed by atoms with van der Waals surface area (Å²) in [6, 6.07) is 5.58. The quantitative estimate of drug-likeness (QED) is 0.792. The Morgan fingerprint density at radius 3 is 2.88 bits per heavy atom. The van der Waals surface area contributed by atoms with Gasteiger partial charge in [0.15, 0.2) is 5.78 Å². The standard InChI is InChI=1S/C13H17N3O/c1-8(2)13-15-10-5-4-9(6-11(10)16-13)12(17)7-14-3/h4-6,8,14H,7H2,1-3H3,(H,15,16). The van der Waals surface area contributed by atoms with Gasteiger partial charge in [-0.05, 0) is 25.2 Å². The number of rotatable bonds is 4. The Hall–Kier alpha value is -1.68. The van der Waals surface area contributed by atoms with Gasteiger partial charge in [0.25, 0.3) is 0 Å². The van der Waals surface area contributed by atoms with E-state index in [1.165, 1.54) is 0 Å². The first-order valence-corrected chi connectivity index (χ1v) is 5.79. The Kier molecular flexibility index (Phi) is 3.24. The normalized spacial score (nSPS) is 11.3. The van der Waals surface area contributed by atoms with Crippen LogP contribution in [0.3, 0.4) is 0 Å². The second-order valence-electron chi connectivity index (χ2n) is 4.46. The number of carbonyl (C=O) groups is 1. The predicted molar refractivity (Wildman–Crippen MR) is 68.4 cm³/mol. The van der Waals surface area contributed by atoms with Crippen LogP contribution >= 0.6 is 0 Å². The van der Waals surface area contributed by atoms with Gasteiger partial charge in [-0.3, -0.25) is 4.79 Å². The number of imidazole rings is 1. The van der Waals surface area contributed by atoms with E-state index in [4.69, 9.17) is 0 Å². The minimum Gasteiger partial charge on any atom is -0.342 e. The second kappa shape index (κ2) is 4.67. The van der Waals surface area contributed by atoms with Crippen molar-refractivity contribution < 1.29 is 4.79 Å². The average molecular weight is 231 g/mol. The highest BCUT2D eigenvalue weighted by Crippen LogP contribution is 2.18. The number of ketones is 1. The van der Waals surface area contributed by atoms with Crippen LogP contribution in [0.2, 0.25) is 0 Å². The number of likely N-dealkylation sites (N-methyl/N-ethyl adjacent to an activating group) is 1. The molecule has 0 unspecified atom stereocenters. The minimum atomic E-state index is 0.0927. The lowest BCUT2D eigenvalue weighted by molar-refractivity contribution is 0.0993. The summed E-state index contributed by atoms with van der Waals surface area (Å²) in [7, 11) is 1.77. The summed E-state index contributed by atoms with van der Waals surface area (Å²) in [6.07, 6.45) is 0. The van der Waals surface area contributed by atoms with Crippen molar-refractivity contribution in [2.24, 2.45) is 0 Å². The van der Waals surface area contributed by atoms with Crippen molar-refractivity contribution in [2.75, 3.05) is 13.6 Å². The van der Waals surface area contributed by atoms with Gasteiger partial charge in [-0.2, -0.15) is 0 Å². The van der Waals surface area contributed by atoms with Crippen LogP contribution in [0.5, 0.6) is 0 Å². The number of carbonyl (C=O) groups excluding carboxylic acids is 1. The number of fused-ring (bicyclic) bond motifs is 1. The molecular formula is C13H17N3O. The van der Waals surface area contributed by atoms with E-state index in [0.717, 1.165) is 16.9 Å². The molecule has 0 radical (unpaired) electrons. The zero-order valence-corrected chi connectivity index (χ0v) is 10.4. The molecule has 4 nitrogen and oxygen atoms in total. The third-order valence-corrected chi connectivity index (χ3v) is 2.71. The number of benzene rings is 1. The van der Waals surface area contributed by atoms with Gasteiger partial charge >= 0.3 is 0 Å². The van der Waals surface area contributed by atoms with E-state index >= 15 is 0 Å². The summed E-state index contributed by atoms with van der Waals surface area (Å²) in [5, 5.41) is 2.86. The topological polar surface area (TPSA) is 57.8 Å². The maximum absolute atomic E-state index is 11.7. The second-order valence-corrected chi connectivity index (χ2v) is 4.46. The molecule has 0 fully saturated rings. The maximum Gasteiger partial charge on any atom is 0.176 e. The molecule has 4 heteroatoms. The van der Waals surface area contributed by atoms with Gasteiger partial charge in [0.2, 0.25) is 0 Å². The monoisotopic (exact) mass is 231 g/mol. The van der Waals surface area contributed by atoms with E-state index < -0.39 is 0 Å². The molecule has 0 aliphatic heterocycles. The van der Waals surface area contributed by atoms with E-state index in [1.54, 1.807) is 7.05 Å². The van der Waals surface area contributed by atoms with Crippen molar-refractivity contribution in [3.05, 3.63) is 29.6 Å². The van der Waals surface area contributed by atoms with Gasteiger partial charge < -0.3 is 10.3 Å². The smallest absolute Gasteiger partial charge is 0.176 e. The first-order chi connectivity index (χ1) is 8.11. The summed E-state index contributed by atoms with van der Waals surface area (Å²) in [4.78, 5) is 19.5. The number of nitrogens with one attached hydrogen (secondary N) is 2. The van der Waals surface area contributed by atoms with Crippen molar-refractivity contribution >= 4 is 16.8 Å². The summed E-state index contributed by atoms with van der Waals surface area (Å²) in [5.41, 5.74) is 2.55. The molecule has 90 valence electrons. The lowest BCUT2D eigenvalue weighted by atomic mass is 10.1. The SMILES string of the molecule is CNCC(=O)c1ccc2nc(C(C)C)[nH]c2c1. The molecule has 1 aromatic carbocycles. The first-order valence-electron chi connectivity index (χ1n) is 5.79. The first kappa shape index (κ1) is 11.8. The van der Waals surface area contributed by atoms with Crippen molar-refractivity contribution in [3.8, 4) is 0 Å². The van der Waals surface area contributed by atoms with Crippen LogP contribution in [0, 0.1) is 0 Å². The third-order valence-electron chi connectivity index (χ3n) is 2.71. The zero-order chi connectivity index (χ0) is 12.4. The van der Waals surface area contributed by atoms with Crippen molar-refractivity contribution in [2.45, 2.75) is 19.8 Å². The molecule has 17 heavy (non-hydrogen) atoms. The molecule has 2 aromatic rings. The van der Waals surface area contributed by atoms with Crippen LogP contribution in [0.1, 0.15) is 35.9 Å². The lowest BCUT2D eigenvalue weighted by Crippen LogP contribution is -2.18. The van der Waals surface area contributed by atoms with E-state index in [1.807, 2.05) is 18.2 Å². The Morgan fingerprint density at radius 1 is 1.47 bits per heavy atom. The van der Waals surface area contributed by atoms with Crippen molar-refractivity contribution in [1.82, 2.24) is 15.3 Å². The van der Waals surface area contributed by atoms with Crippen LogP contribution in [-0.2, 0) is 0 Å². The van der Waals surface area contributed by atoms with Gasteiger partial charge in [0.1, 0.15) is 5.82 Å². The Labute approximate surface area is 100 Å². The Balaban J connectivity index is 2.40. The highest BCUT2D eigenvalue weighted by molar-refractivity contribution is 6.00. The van der Waals surface area contributed by atoms with Gasteiger partial charge in [-0.25, -0.2) is 4.98 Å². The van der Waals surface area contributed by atoms with Crippen LogP contribution in [0.15, 0.2) is 18.2 Å². The number of aromatic amines is 1. The molecule has 0 bridgehead atoms. The Morgan fingerprint density at radius 2 is 2.24 bits per heavy atom. The number of hydrogen-bond donors (Lipinski definition) is 2. The molecular weight excluding hydrogens is 214 g/mol. The summed E-state index contributed by atoms with van der Waals surface area (Å²) >= 11 is 0. The highest BCUT2D eigenvalue weighted by atomic mass is 16.1. The fourth-order valence-electron chi connectivity index (χ4n) is 1.74. The van der Waals surface area contributed by atoms with Crippen LogP contribution in [0.25, 0.3) is 11.0 Å². The molecule has 0 aliphatic rings. The van der Waals surface area contributed by atoms with Crippen LogP contribution in [0.4, 0.5) is 0 Å². The summed E-state index contributed by atoms with van der Waals surface area (Å²) in [6.45, 7) is 4.53. The minimum absolute atomic E-state index is 0.0927. The number of nitrogens with zero attached hydrogens (tertiary/aromatic N) is 1. The lowest BCUT2D eigenvalue weighted by Gasteiger charge is -1.99. The number of H-pyrrole nitrogens is 1. The van der Waals surface area contributed by atoms with E-state index in [0.29, 0.717) is 18.0 Å². The molecule has 0 saturated heterocycles. The molecule has 0 amide bonds. The maximum atomic E-state index is 11.7. The molecule has 0 aliphatic carbocycles. The fraction of sp³-hybridized carbons (Fsp3) is 0.385. The van der Waals surface area contributed by atoms with Gasteiger partial charge in [-0.15, -0.1) is 0 Å². The van der Waals surface area contributed by atoms with Crippen LogP contribution in [-0.4, -0.2) is 29.3 Å². The largest absolute Gasteiger partial charge is 0.342 e.